The molecule has 2 unspecified atom stereocenters. The summed E-state index contributed by atoms with van der Waals surface area (Å²) < 4.78 is 0. The van der Waals surface area contributed by atoms with Gasteiger partial charge in [0.15, 0.2) is 0 Å². The number of benzene rings is 1. The first-order valence-corrected chi connectivity index (χ1v) is 8.64. The average Bonchev–Trinajstić information content (AvgIpc) is 2.38. The number of hydrogen-bond acceptors (Lipinski definition) is 2. The van der Waals surface area contributed by atoms with E-state index in [1.807, 2.05) is 12.1 Å². The average molecular weight is 308 g/mol. The second-order valence-electron chi connectivity index (χ2n) is 7.19. The van der Waals surface area contributed by atoms with Crippen molar-refractivity contribution in [3.63, 3.8) is 0 Å². The van der Waals surface area contributed by atoms with Crippen LogP contribution in [-0.4, -0.2) is 23.3 Å². The lowest BCUT2D eigenvalue weighted by Gasteiger charge is -2.41. The largest absolute Gasteiger partial charge is 0.389 e. The van der Waals surface area contributed by atoms with E-state index < -0.39 is 5.60 Å². The van der Waals surface area contributed by atoms with Crippen molar-refractivity contribution < 1.29 is 5.11 Å². The normalized spacial score (nSPS) is 36.2. The molecule has 2 aliphatic carbocycles. The molecule has 0 bridgehead atoms. The molecule has 0 radical (unpaired) electrons. The van der Waals surface area contributed by atoms with Crippen LogP contribution in [0.3, 0.4) is 0 Å². The van der Waals surface area contributed by atoms with Gasteiger partial charge >= 0.3 is 0 Å². The van der Waals surface area contributed by atoms with Crippen molar-refractivity contribution in [1.82, 2.24) is 5.32 Å². The summed E-state index contributed by atoms with van der Waals surface area (Å²) in [4.78, 5) is 0. The Morgan fingerprint density at radius 2 is 2.10 bits per heavy atom. The van der Waals surface area contributed by atoms with E-state index in [2.05, 4.69) is 24.4 Å². The fourth-order valence-electron chi connectivity index (χ4n) is 3.97. The molecular formula is C18H26ClNO. The van der Waals surface area contributed by atoms with Gasteiger partial charge in [-0.15, -0.1) is 0 Å². The highest BCUT2D eigenvalue weighted by atomic mass is 35.5. The van der Waals surface area contributed by atoms with Crippen LogP contribution in [-0.2, 0) is 0 Å². The summed E-state index contributed by atoms with van der Waals surface area (Å²) in [7, 11) is 0. The topological polar surface area (TPSA) is 32.3 Å². The smallest absolute Gasteiger partial charge is 0.0774 e. The molecule has 0 heterocycles. The minimum atomic E-state index is -0.479. The first kappa shape index (κ1) is 15.3. The molecule has 0 aliphatic heterocycles. The maximum absolute atomic E-state index is 10.7. The lowest BCUT2D eigenvalue weighted by Crippen LogP contribution is -2.50. The first-order chi connectivity index (χ1) is 10.1. The van der Waals surface area contributed by atoms with Gasteiger partial charge in [0.1, 0.15) is 0 Å². The van der Waals surface area contributed by atoms with E-state index in [4.69, 9.17) is 11.6 Å². The summed E-state index contributed by atoms with van der Waals surface area (Å²) >= 11 is 6.26. The van der Waals surface area contributed by atoms with Crippen LogP contribution < -0.4 is 5.32 Å². The molecule has 2 atom stereocenters. The van der Waals surface area contributed by atoms with E-state index in [1.54, 1.807) is 0 Å². The maximum Gasteiger partial charge on any atom is 0.0774 e. The summed E-state index contributed by atoms with van der Waals surface area (Å²) in [5.74, 6) is 1.24. The second kappa shape index (κ2) is 6.28. The number of nitrogens with one attached hydrogen (secondary N) is 1. The molecule has 0 amide bonds. The lowest BCUT2D eigenvalue weighted by molar-refractivity contribution is -0.0162. The Hall–Kier alpha value is -0.570. The van der Waals surface area contributed by atoms with Crippen LogP contribution in [0, 0.1) is 5.92 Å². The molecule has 0 aromatic heterocycles. The van der Waals surface area contributed by atoms with Crippen molar-refractivity contribution in [2.45, 2.75) is 63.0 Å². The van der Waals surface area contributed by atoms with E-state index >= 15 is 0 Å². The summed E-state index contributed by atoms with van der Waals surface area (Å²) in [5, 5.41) is 15.1. The molecular weight excluding hydrogens is 282 g/mol. The van der Waals surface area contributed by atoms with E-state index in [9.17, 15) is 5.11 Å². The van der Waals surface area contributed by atoms with Gasteiger partial charge in [0.05, 0.1) is 5.60 Å². The quantitative estimate of drug-likeness (QED) is 0.877. The molecule has 3 heteroatoms. The van der Waals surface area contributed by atoms with Crippen LogP contribution in [0.25, 0.3) is 0 Å². The van der Waals surface area contributed by atoms with Gasteiger partial charge in [-0.25, -0.2) is 0 Å². The van der Waals surface area contributed by atoms with E-state index in [1.165, 1.54) is 12.0 Å². The number of aliphatic hydroxyl groups is 1. The van der Waals surface area contributed by atoms with Crippen LogP contribution in [0.1, 0.15) is 56.9 Å². The molecule has 0 saturated heterocycles. The fourth-order valence-corrected chi connectivity index (χ4v) is 4.26. The molecule has 2 N–H and O–H groups in total. The van der Waals surface area contributed by atoms with Crippen molar-refractivity contribution in [3.05, 3.63) is 34.9 Å². The Balaban J connectivity index is 1.46. The van der Waals surface area contributed by atoms with Crippen LogP contribution in [0.4, 0.5) is 0 Å². The highest BCUT2D eigenvalue weighted by Gasteiger charge is 2.36. The SMILES string of the molecule is CC1CCCC(O)(CNC2CC(c3ccccc3Cl)C2)C1. The monoisotopic (exact) mass is 307 g/mol. The molecule has 21 heavy (non-hydrogen) atoms. The molecule has 2 nitrogen and oxygen atoms in total. The summed E-state index contributed by atoms with van der Waals surface area (Å²) in [5.41, 5.74) is 0.801. The van der Waals surface area contributed by atoms with E-state index in [-0.39, 0.29) is 0 Å². The van der Waals surface area contributed by atoms with Crippen LogP contribution in [0.15, 0.2) is 24.3 Å². The zero-order chi connectivity index (χ0) is 14.9. The van der Waals surface area contributed by atoms with Gasteiger partial charge in [0.2, 0.25) is 0 Å². The van der Waals surface area contributed by atoms with Crippen molar-refractivity contribution in [2.24, 2.45) is 5.92 Å². The molecule has 2 fully saturated rings. The highest BCUT2D eigenvalue weighted by molar-refractivity contribution is 6.31. The third-order valence-electron chi connectivity index (χ3n) is 5.27. The van der Waals surface area contributed by atoms with Gasteiger partial charge < -0.3 is 10.4 Å². The predicted octanol–water partition coefficient (Wildman–Crippen LogP) is 4.12. The van der Waals surface area contributed by atoms with Crippen molar-refractivity contribution in [1.29, 1.82) is 0 Å². The van der Waals surface area contributed by atoms with Crippen LogP contribution in [0.5, 0.6) is 0 Å². The Morgan fingerprint density at radius 3 is 2.81 bits per heavy atom. The molecule has 116 valence electrons. The van der Waals surface area contributed by atoms with Gasteiger partial charge in [-0.05, 0) is 49.1 Å². The van der Waals surface area contributed by atoms with Crippen molar-refractivity contribution >= 4 is 11.6 Å². The second-order valence-corrected chi connectivity index (χ2v) is 7.60. The van der Waals surface area contributed by atoms with Gasteiger partial charge in [0.25, 0.3) is 0 Å². The number of rotatable bonds is 4. The molecule has 2 aliphatic rings. The summed E-state index contributed by atoms with van der Waals surface area (Å²) in [6.45, 7) is 3.00. The Morgan fingerprint density at radius 1 is 1.33 bits per heavy atom. The maximum atomic E-state index is 10.7. The minimum absolute atomic E-state index is 0.479. The van der Waals surface area contributed by atoms with E-state index in [0.717, 1.165) is 43.7 Å². The summed E-state index contributed by atoms with van der Waals surface area (Å²) in [6.07, 6.45) is 6.59. The van der Waals surface area contributed by atoms with Gasteiger partial charge in [-0.1, -0.05) is 49.6 Å². The molecule has 2 saturated carbocycles. The third-order valence-corrected chi connectivity index (χ3v) is 5.61. The van der Waals surface area contributed by atoms with Gasteiger partial charge in [-0.2, -0.15) is 0 Å². The zero-order valence-corrected chi connectivity index (χ0v) is 13.6. The lowest BCUT2D eigenvalue weighted by atomic mass is 9.74. The molecule has 3 rings (SSSR count). The predicted molar refractivity (Wildman–Crippen MR) is 87.8 cm³/mol. The van der Waals surface area contributed by atoms with Crippen molar-refractivity contribution in [2.75, 3.05) is 6.54 Å². The van der Waals surface area contributed by atoms with E-state index in [0.29, 0.717) is 17.9 Å². The minimum Gasteiger partial charge on any atom is -0.389 e. The Labute approximate surface area is 132 Å². The fraction of sp³-hybridized carbons (Fsp3) is 0.667. The third kappa shape index (κ3) is 3.61. The molecule has 1 aromatic rings. The zero-order valence-electron chi connectivity index (χ0n) is 12.8. The number of halogens is 1. The molecule has 0 spiro atoms. The first-order valence-electron chi connectivity index (χ1n) is 8.26. The Kier molecular flexibility index (Phi) is 4.58. The van der Waals surface area contributed by atoms with Crippen LogP contribution >= 0.6 is 11.6 Å². The summed E-state index contributed by atoms with van der Waals surface area (Å²) in [6, 6.07) is 8.70. The van der Waals surface area contributed by atoms with Gasteiger partial charge in [-0.3, -0.25) is 0 Å². The van der Waals surface area contributed by atoms with Gasteiger partial charge in [0, 0.05) is 17.6 Å². The number of hydrogen-bond donors (Lipinski definition) is 2. The highest BCUT2D eigenvalue weighted by Crippen LogP contribution is 2.40. The van der Waals surface area contributed by atoms with Crippen molar-refractivity contribution in [3.8, 4) is 0 Å². The molecule has 1 aromatic carbocycles. The van der Waals surface area contributed by atoms with Crippen LogP contribution in [0.2, 0.25) is 5.02 Å². The Bertz CT molecular complexity index is 486. The standard InChI is InChI=1S/C18H26ClNO/c1-13-5-4-8-18(21,11-13)12-20-15-9-14(10-15)16-6-2-3-7-17(16)19/h2-3,6-7,13-15,20-21H,4-5,8-12H2,1H3.